The normalized spacial score (nSPS) is 12.3. The van der Waals surface area contributed by atoms with Gasteiger partial charge in [0.05, 0.1) is 18.1 Å². The Labute approximate surface area is 229 Å². The van der Waals surface area contributed by atoms with Gasteiger partial charge >= 0.3 is 0 Å². The Bertz CT molecular complexity index is 1620. The molecule has 0 saturated carbocycles. The maximum atomic E-state index is 13.3. The van der Waals surface area contributed by atoms with Crippen LogP contribution in [-0.4, -0.2) is 36.6 Å². The van der Waals surface area contributed by atoms with Gasteiger partial charge in [-0.25, -0.2) is 4.68 Å². The first kappa shape index (κ1) is 26.5. The van der Waals surface area contributed by atoms with E-state index in [9.17, 15) is 4.79 Å². The number of rotatable bonds is 10. The average molecular weight is 521 g/mol. The fraction of sp³-hybridized carbons (Fsp3) is 0.312. The quantitative estimate of drug-likeness (QED) is 0.256. The van der Waals surface area contributed by atoms with Crippen LogP contribution >= 0.6 is 0 Å². The predicted molar refractivity (Wildman–Crippen MR) is 156 cm³/mol. The van der Waals surface area contributed by atoms with E-state index in [1.165, 1.54) is 16.7 Å². The zero-order valence-corrected chi connectivity index (χ0v) is 23.2. The predicted octanol–water partition coefficient (Wildman–Crippen LogP) is 5.68. The van der Waals surface area contributed by atoms with Gasteiger partial charge in [0.15, 0.2) is 5.82 Å². The number of aryl methyl sites for hydroxylation is 3. The van der Waals surface area contributed by atoms with Crippen LogP contribution in [0.2, 0.25) is 0 Å². The van der Waals surface area contributed by atoms with Crippen LogP contribution in [0.25, 0.3) is 10.9 Å². The third kappa shape index (κ3) is 6.15. The molecule has 200 valence electrons. The molecule has 7 nitrogen and oxygen atoms in total. The molecule has 39 heavy (non-hydrogen) atoms. The molecule has 1 N–H and O–H groups in total. The second-order valence-electron chi connectivity index (χ2n) is 10.5. The third-order valence-electron chi connectivity index (χ3n) is 7.37. The van der Waals surface area contributed by atoms with Crippen molar-refractivity contribution in [2.45, 2.75) is 59.7 Å². The summed E-state index contributed by atoms with van der Waals surface area (Å²) in [6.07, 6.45) is 1.68. The van der Waals surface area contributed by atoms with Gasteiger partial charge < -0.3 is 4.98 Å². The van der Waals surface area contributed by atoms with Crippen LogP contribution in [0.4, 0.5) is 0 Å². The summed E-state index contributed by atoms with van der Waals surface area (Å²) in [7, 11) is 0. The first-order chi connectivity index (χ1) is 18.9. The number of fused-ring (bicyclic) bond motifs is 1. The molecule has 0 aliphatic heterocycles. The average Bonchev–Trinajstić information content (AvgIpc) is 3.36. The molecule has 5 rings (SSSR count). The maximum Gasteiger partial charge on any atom is 0.252 e. The molecule has 0 aliphatic carbocycles. The van der Waals surface area contributed by atoms with E-state index in [2.05, 4.69) is 94.7 Å². The molecule has 0 unspecified atom stereocenters. The topological polar surface area (TPSA) is 79.7 Å². The van der Waals surface area contributed by atoms with Crippen molar-refractivity contribution in [3.05, 3.63) is 122 Å². The molecule has 7 heteroatoms. The van der Waals surface area contributed by atoms with Crippen molar-refractivity contribution in [3.8, 4) is 0 Å². The number of tetrazole rings is 1. The van der Waals surface area contributed by atoms with Crippen LogP contribution in [0.1, 0.15) is 58.6 Å². The Kier molecular flexibility index (Phi) is 7.98. The zero-order chi connectivity index (χ0) is 27.4. The number of hydrogen-bond acceptors (Lipinski definition) is 5. The largest absolute Gasteiger partial charge is 0.321 e. The molecule has 0 aliphatic rings. The second-order valence-corrected chi connectivity index (χ2v) is 10.5. The number of benzene rings is 3. The molecule has 0 saturated heterocycles. The minimum Gasteiger partial charge on any atom is -0.321 e. The number of aromatic nitrogens is 5. The van der Waals surface area contributed by atoms with E-state index < -0.39 is 0 Å². The fourth-order valence-electron chi connectivity index (χ4n) is 5.48. The Morgan fingerprint density at radius 1 is 0.923 bits per heavy atom. The molecule has 3 aromatic carbocycles. The first-order valence-electron chi connectivity index (χ1n) is 13.6. The van der Waals surface area contributed by atoms with Crippen molar-refractivity contribution in [2.24, 2.45) is 0 Å². The number of aromatic amines is 1. The highest BCUT2D eigenvalue weighted by molar-refractivity contribution is 5.82. The molecule has 0 radical (unpaired) electrons. The van der Waals surface area contributed by atoms with Gasteiger partial charge in [-0.2, -0.15) is 0 Å². The molecule has 2 aromatic heterocycles. The van der Waals surface area contributed by atoms with Crippen LogP contribution in [0.3, 0.4) is 0 Å². The van der Waals surface area contributed by atoms with Crippen molar-refractivity contribution in [1.29, 1.82) is 0 Å². The Morgan fingerprint density at radius 3 is 2.49 bits per heavy atom. The highest BCUT2D eigenvalue weighted by atomic mass is 16.1. The number of H-pyrrole nitrogens is 1. The summed E-state index contributed by atoms with van der Waals surface area (Å²) < 4.78 is 1.89. The lowest BCUT2D eigenvalue weighted by atomic mass is 10.0. The van der Waals surface area contributed by atoms with E-state index >= 15 is 0 Å². The van der Waals surface area contributed by atoms with E-state index in [1.807, 2.05) is 35.9 Å². The smallest absolute Gasteiger partial charge is 0.252 e. The highest BCUT2D eigenvalue weighted by Gasteiger charge is 2.26. The zero-order valence-electron chi connectivity index (χ0n) is 23.2. The van der Waals surface area contributed by atoms with Gasteiger partial charge in [0.2, 0.25) is 0 Å². The molecule has 5 aromatic rings. The number of nitrogens with one attached hydrogen (secondary N) is 1. The lowest BCUT2D eigenvalue weighted by molar-refractivity contribution is 0.172. The van der Waals surface area contributed by atoms with Gasteiger partial charge in [-0.3, -0.25) is 9.69 Å². The summed E-state index contributed by atoms with van der Waals surface area (Å²) in [5.74, 6) is 0.814. The molecule has 2 heterocycles. The Hall–Kier alpha value is -4.10. The van der Waals surface area contributed by atoms with Gasteiger partial charge in [0.25, 0.3) is 5.56 Å². The van der Waals surface area contributed by atoms with E-state index in [1.54, 1.807) is 0 Å². The van der Waals surface area contributed by atoms with Crippen LogP contribution < -0.4 is 5.56 Å². The summed E-state index contributed by atoms with van der Waals surface area (Å²) in [6, 6.07) is 25.1. The summed E-state index contributed by atoms with van der Waals surface area (Å²) in [5.41, 5.74) is 7.53. The summed E-state index contributed by atoms with van der Waals surface area (Å²) in [4.78, 5) is 18.8. The van der Waals surface area contributed by atoms with Crippen LogP contribution in [-0.2, 0) is 19.5 Å². The Morgan fingerprint density at radius 2 is 1.72 bits per heavy atom. The minimum absolute atomic E-state index is 0.0475. The third-order valence-corrected chi connectivity index (χ3v) is 7.37. The Balaban J connectivity index is 1.50. The van der Waals surface area contributed by atoms with E-state index in [-0.39, 0.29) is 11.6 Å². The van der Waals surface area contributed by atoms with Crippen molar-refractivity contribution in [3.63, 3.8) is 0 Å². The molecule has 0 spiro atoms. The second kappa shape index (κ2) is 11.7. The lowest BCUT2D eigenvalue weighted by Gasteiger charge is -2.30. The van der Waals surface area contributed by atoms with Crippen LogP contribution in [0.15, 0.2) is 77.6 Å². The van der Waals surface area contributed by atoms with E-state index in [0.29, 0.717) is 13.1 Å². The van der Waals surface area contributed by atoms with Crippen molar-refractivity contribution in [2.75, 3.05) is 6.54 Å². The molecular formula is C32H36N6O. The van der Waals surface area contributed by atoms with Gasteiger partial charge in [-0.05, 0) is 78.2 Å². The molecule has 0 bridgehead atoms. The fourth-order valence-corrected chi connectivity index (χ4v) is 5.48. The van der Waals surface area contributed by atoms with Crippen molar-refractivity contribution in [1.82, 2.24) is 30.1 Å². The lowest BCUT2D eigenvalue weighted by Crippen LogP contribution is -2.34. The van der Waals surface area contributed by atoms with Crippen molar-refractivity contribution >= 4 is 10.9 Å². The minimum atomic E-state index is -0.0529. The SMILES string of the molecule is CC[C@H](c1nnnn1Cc1ccccc1)N(CCc1cccc(C)c1)Cc1cc2cc(C)cc(C)c2[nH]c1=O. The van der Waals surface area contributed by atoms with Crippen LogP contribution in [0, 0.1) is 20.8 Å². The number of pyridine rings is 1. The molecular weight excluding hydrogens is 484 g/mol. The van der Waals surface area contributed by atoms with Crippen LogP contribution in [0.5, 0.6) is 0 Å². The standard InChI is InChI=1S/C32H36N6O/c1-5-29(31-34-35-36-38(31)20-26-11-7-6-8-12-26)37(15-14-25-13-9-10-22(2)17-25)21-28-19-27-18-23(3)16-24(4)30(27)33-32(28)39/h6-13,16-19,29H,5,14-15,20-21H2,1-4H3,(H,33,39)/t29-/m1/s1. The van der Waals surface area contributed by atoms with E-state index in [4.69, 9.17) is 0 Å². The summed E-state index contributed by atoms with van der Waals surface area (Å²) >= 11 is 0. The maximum absolute atomic E-state index is 13.3. The number of hydrogen-bond donors (Lipinski definition) is 1. The van der Waals surface area contributed by atoms with Gasteiger partial charge in [-0.1, -0.05) is 78.7 Å². The molecule has 0 fully saturated rings. The first-order valence-corrected chi connectivity index (χ1v) is 13.6. The highest BCUT2D eigenvalue weighted by Crippen LogP contribution is 2.26. The summed E-state index contributed by atoms with van der Waals surface area (Å²) in [5, 5.41) is 13.9. The van der Waals surface area contributed by atoms with E-state index in [0.717, 1.165) is 52.8 Å². The molecule has 1 atom stereocenters. The molecule has 0 amide bonds. The number of nitrogens with zero attached hydrogens (tertiary/aromatic N) is 5. The summed E-state index contributed by atoms with van der Waals surface area (Å²) in [6.45, 7) is 10.3. The monoisotopic (exact) mass is 520 g/mol. The van der Waals surface area contributed by atoms with Gasteiger partial charge in [0, 0.05) is 18.7 Å². The van der Waals surface area contributed by atoms with Gasteiger partial charge in [-0.15, -0.1) is 5.10 Å². The van der Waals surface area contributed by atoms with Gasteiger partial charge in [0.1, 0.15) is 0 Å². The van der Waals surface area contributed by atoms with Crippen molar-refractivity contribution < 1.29 is 0 Å².